The summed E-state index contributed by atoms with van der Waals surface area (Å²) < 4.78 is 5.22. The number of ether oxygens (including phenoxy) is 1. The number of nitrogens with zero attached hydrogens (tertiary/aromatic N) is 1. The molecule has 0 aliphatic carbocycles. The van der Waals surface area contributed by atoms with Crippen LogP contribution in [0.3, 0.4) is 0 Å². The molecule has 0 fully saturated rings. The molecular weight excluding hydrogens is 192 g/mol. The van der Waals surface area contributed by atoms with Crippen LogP contribution in [0.5, 0.6) is 5.75 Å². The summed E-state index contributed by atoms with van der Waals surface area (Å²) >= 11 is 0. The van der Waals surface area contributed by atoms with Crippen molar-refractivity contribution < 1.29 is 9.53 Å². The number of carbonyl (C=O) groups excluding carboxylic acids is 1. The largest absolute Gasteiger partial charge is 0.484 e. The van der Waals surface area contributed by atoms with Gasteiger partial charge in [-0.1, -0.05) is 6.07 Å². The molecule has 1 aromatic rings. The van der Waals surface area contributed by atoms with E-state index in [0.717, 1.165) is 11.1 Å². The maximum atomic E-state index is 10.9. The highest BCUT2D eigenvalue weighted by molar-refractivity contribution is 5.78. The highest BCUT2D eigenvalue weighted by Crippen LogP contribution is 2.15. The zero-order valence-electron chi connectivity index (χ0n) is 8.70. The number of hydrogen-bond acceptors (Lipinski definition) is 3. The third-order valence-corrected chi connectivity index (χ3v) is 1.76. The van der Waals surface area contributed by atoms with Gasteiger partial charge in [-0.25, -0.2) is 0 Å². The molecule has 78 valence electrons. The first-order valence-corrected chi connectivity index (χ1v) is 4.51. The number of rotatable bonds is 3. The van der Waals surface area contributed by atoms with Gasteiger partial charge in [0, 0.05) is 0 Å². The second-order valence-corrected chi connectivity index (χ2v) is 3.27. The molecular formula is C11H12N2O2. The molecule has 1 rings (SSSR count). The van der Waals surface area contributed by atoms with E-state index in [1.165, 1.54) is 0 Å². The van der Waals surface area contributed by atoms with Crippen LogP contribution in [0.4, 0.5) is 0 Å². The maximum Gasteiger partial charge on any atom is 0.270 e. The van der Waals surface area contributed by atoms with Crippen molar-refractivity contribution in [2.75, 3.05) is 6.61 Å². The van der Waals surface area contributed by atoms with Crippen LogP contribution in [0, 0.1) is 25.3 Å². The topological polar surface area (TPSA) is 62.1 Å². The van der Waals surface area contributed by atoms with Gasteiger partial charge in [0.1, 0.15) is 5.75 Å². The molecule has 0 aliphatic heterocycles. The summed E-state index contributed by atoms with van der Waals surface area (Å²) in [5.41, 5.74) is 2.15. The standard InChI is InChI=1S/C11H12N2O2/c1-8-3-9(2)5-10(4-8)15-6-11(14)13-7-12/h3-5H,6H2,1-2H3,(H,13,14). The molecule has 0 bridgehead atoms. The fraction of sp³-hybridized carbons (Fsp3) is 0.273. The Morgan fingerprint density at radius 1 is 1.40 bits per heavy atom. The van der Waals surface area contributed by atoms with Crippen LogP contribution in [0.15, 0.2) is 18.2 Å². The predicted octanol–water partition coefficient (Wildman–Crippen LogP) is 1.28. The Hall–Kier alpha value is -2.02. The van der Waals surface area contributed by atoms with Crippen molar-refractivity contribution in [1.29, 1.82) is 5.26 Å². The van der Waals surface area contributed by atoms with Crippen LogP contribution in [0.2, 0.25) is 0 Å². The number of hydrogen-bond donors (Lipinski definition) is 1. The molecule has 0 aliphatic rings. The average molecular weight is 204 g/mol. The van der Waals surface area contributed by atoms with Gasteiger partial charge in [-0.15, -0.1) is 0 Å². The highest BCUT2D eigenvalue weighted by Gasteiger charge is 2.02. The van der Waals surface area contributed by atoms with E-state index in [2.05, 4.69) is 0 Å². The van der Waals surface area contributed by atoms with Crippen LogP contribution in [-0.2, 0) is 4.79 Å². The molecule has 0 aromatic heterocycles. The second kappa shape index (κ2) is 5.01. The minimum Gasteiger partial charge on any atom is -0.484 e. The molecule has 1 aromatic carbocycles. The summed E-state index contributed by atoms with van der Waals surface area (Å²) in [6, 6.07) is 5.70. The SMILES string of the molecule is Cc1cc(C)cc(OCC(=O)NC#N)c1. The van der Waals surface area contributed by atoms with Gasteiger partial charge in [0.25, 0.3) is 5.91 Å². The summed E-state index contributed by atoms with van der Waals surface area (Å²) in [5, 5.41) is 10.2. The Morgan fingerprint density at radius 2 is 2.00 bits per heavy atom. The monoisotopic (exact) mass is 204 g/mol. The Morgan fingerprint density at radius 3 is 2.53 bits per heavy atom. The molecule has 0 atom stereocenters. The molecule has 0 spiro atoms. The molecule has 0 saturated heterocycles. The minimum absolute atomic E-state index is 0.142. The van der Waals surface area contributed by atoms with E-state index in [1.807, 2.05) is 37.4 Å². The smallest absolute Gasteiger partial charge is 0.270 e. The number of nitrogens with one attached hydrogen (secondary N) is 1. The van der Waals surface area contributed by atoms with Crippen LogP contribution >= 0.6 is 0 Å². The van der Waals surface area contributed by atoms with E-state index in [4.69, 9.17) is 10.00 Å². The van der Waals surface area contributed by atoms with Crippen LogP contribution < -0.4 is 10.1 Å². The lowest BCUT2D eigenvalue weighted by Crippen LogP contribution is -2.24. The zero-order valence-corrected chi connectivity index (χ0v) is 8.70. The van der Waals surface area contributed by atoms with E-state index in [0.29, 0.717) is 5.75 Å². The molecule has 4 heteroatoms. The van der Waals surface area contributed by atoms with Crippen molar-refractivity contribution >= 4 is 5.91 Å². The summed E-state index contributed by atoms with van der Waals surface area (Å²) in [6.45, 7) is 3.76. The Bertz CT molecular complexity index is 387. The normalized spacial score (nSPS) is 9.13. The number of amides is 1. The third-order valence-electron chi connectivity index (χ3n) is 1.76. The molecule has 0 heterocycles. The molecule has 15 heavy (non-hydrogen) atoms. The minimum atomic E-state index is -0.448. The third kappa shape index (κ3) is 3.69. The molecule has 0 unspecified atom stereocenters. The molecule has 1 N–H and O–H groups in total. The summed E-state index contributed by atoms with van der Waals surface area (Å²) in [5.74, 6) is 0.192. The lowest BCUT2D eigenvalue weighted by atomic mass is 10.1. The van der Waals surface area contributed by atoms with Gasteiger partial charge in [-0.3, -0.25) is 10.1 Å². The van der Waals surface area contributed by atoms with Gasteiger partial charge in [-0.05, 0) is 37.1 Å². The van der Waals surface area contributed by atoms with E-state index >= 15 is 0 Å². The van der Waals surface area contributed by atoms with Crippen molar-refractivity contribution in [2.45, 2.75) is 13.8 Å². The average Bonchev–Trinajstić information content (AvgIpc) is 2.14. The first kappa shape index (κ1) is 11.1. The van der Waals surface area contributed by atoms with Crippen molar-refractivity contribution in [1.82, 2.24) is 5.32 Å². The molecule has 0 saturated carbocycles. The fourth-order valence-electron chi connectivity index (χ4n) is 1.26. The van der Waals surface area contributed by atoms with Crippen molar-refractivity contribution in [3.8, 4) is 11.9 Å². The zero-order chi connectivity index (χ0) is 11.3. The van der Waals surface area contributed by atoms with Crippen LogP contribution in [0.25, 0.3) is 0 Å². The fourth-order valence-corrected chi connectivity index (χ4v) is 1.26. The Labute approximate surface area is 88.5 Å². The summed E-state index contributed by atoms with van der Waals surface area (Å²) in [6.07, 6.45) is 1.55. The van der Waals surface area contributed by atoms with Crippen LogP contribution in [0.1, 0.15) is 11.1 Å². The Kier molecular flexibility index (Phi) is 3.69. The molecule has 0 radical (unpaired) electrons. The predicted molar refractivity (Wildman–Crippen MR) is 55.2 cm³/mol. The van der Waals surface area contributed by atoms with Crippen molar-refractivity contribution in [3.63, 3.8) is 0 Å². The summed E-state index contributed by atoms with van der Waals surface area (Å²) in [7, 11) is 0. The van der Waals surface area contributed by atoms with E-state index in [-0.39, 0.29) is 6.61 Å². The van der Waals surface area contributed by atoms with Crippen LogP contribution in [-0.4, -0.2) is 12.5 Å². The second-order valence-electron chi connectivity index (χ2n) is 3.27. The maximum absolute atomic E-state index is 10.9. The first-order valence-electron chi connectivity index (χ1n) is 4.51. The van der Waals surface area contributed by atoms with Gasteiger partial charge < -0.3 is 4.74 Å². The van der Waals surface area contributed by atoms with Gasteiger partial charge in [0.15, 0.2) is 12.8 Å². The van der Waals surface area contributed by atoms with Gasteiger partial charge in [0.2, 0.25) is 0 Å². The van der Waals surface area contributed by atoms with E-state index < -0.39 is 5.91 Å². The molecule has 1 amide bonds. The Balaban J connectivity index is 2.58. The number of carbonyl (C=O) groups is 1. The van der Waals surface area contributed by atoms with Gasteiger partial charge in [0.05, 0.1) is 0 Å². The lowest BCUT2D eigenvalue weighted by Gasteiger charge is -2.06. The number of benzene rings is 1. The lowest BCUT2D eigenvalue weighted by molar-refractivity contribution is -0.121. The summed E-state index contributed by atoms with van der Waals surface area (Å²) in [4.78, 5) is 10.9. The first-order chi connectivity index (χ1) is 7.11. The van der Waals surface area contributed by atoms with Gasteiger partial charge in [-0.2, -0.15) is 5.26 Å². The number of nitriles is 1. The molecule has 4 nitrogen and oxygen atoms in total. The highest BCUT2D eigenvalue weighted by atomic mass is 16.5. The number of aryl methyl sites for hydroxylation is 2. The van der Waals surface area contributed by atoms with Crippen molar-refractivity contribution in [3.05, 3.63) is 29.3 Å². The van der Waals surface area contributed by atoms with Gasteiger partial charge >= 0.3 is 0 Å². The van der Waals surface area contributed by atoms with Crippen molar-refractivity contribution in [2.24, 2.45) is 0 Å². The van der Waals surface area contributed by atoms with E-state index in [9.17, 15) is 4.79 Å². The quantitative estimate of drug-likeness (QED) is 0.596. The van der Waals surface area contributed by atoms with E-state index in [1.54, 1.807) is 6.19 Å².